The molecule has 0 saturated heterocycles. The fourth-order valence-electron chi connectivity index (χ4n) is 2.35. The van der Waals surface area contributed by atoms with E-state index >= 15 is 0 Å². The van der Waals surface area contributed by atoms with Crippen molar-refractivity contribution in [3.63, 3.8) is 0 Å². The Morgan fingerprint density at radius 3 is 2.08 bits per heavy atom. The fraction of sp³-hybridized carbons (Fsp3) is 0.333. The van der Waals surface area contributed by atoms with Crippen molar-refractivity contribution in [3.8, 4) is 17.2 Å². The van der Waals surface area contributed by atoms with Crippen molar-refractivity contribution in [2.75, 3.05) is 33.8 Å². The molecular weight excluding hydrogens is 358 g/mol. The summed E-state index contributed by atoms with van der Waals surface area (Å²) in [5.74, 6) is 0.229. The SMILES string of the molecule is CCc1cc(C(=O)OC)c(NC(=O)c2cc(OC)c(OC)cc2OC)s1. The van der Waals surface area contributed by atoms with E-state index in [2.05, 4.69) is 5.32 Å². The number of esters is 1. The van der Waals surface area contributed by atoms with Crippen molar-refractivity contribution in [1.82, 2.24) is 0 Å². The Morgan fingerprint density at radius 1 is 0.923 bits per heavy atom. The number of ether oxygens (including phenoxy) is 4. The maximum absolute atomic E-state index is 12.8. The van der Waals surface area contributed by atoms with Gasteiger partial charge in [-0.05, 0) is 12.5 Å². The van der Waals surface area contributed by atoms with Crippen LogP contribution in [-0.4, -0.2) is 40.3 Å². The highest BCUT2D eigenvalue weighted by Crippen LogP contribution is 2.36. The lowest BCUT2D eigenvalue weighted by Crippen LogP contribution is -2.15. The van der Waals surface area contributed by atoms with Crippen LogP contribution in [0.1, 0.15) is 32.5 Å². The van der Waals surface area contributed by atoms with Crippen LogP contribution in [0.15, 0.2) is 18.2 Å². The molecule has 0 spiro atoms. The first kappa shape index (κ1) is 19.6. The summed E-state index contributed by atoms with van der Waals surface area (Å²) in [5.41, 5.74) is 0.578. The van der Waals surface area contributed by atoms with Gasteiger partial charge in [0.1, 0.15) is 10.8 Å². The largest absolute Gasteiger partial charge is 0.496 e. The lowest BCUT2D eigenvalue weighted by atomic mass is 10.1. The van der Waals surface area contributed by atoms with Gasteiger partial charge in [-0.15, -0.1) is 11.3 Å². The lowest BCUT2D eigenvalue weighted by Gasteiger charge is -2.14. The number of hydrogen-bond acceptors (Lipinski definition) is 7. The molecule has 0 aliphatic carbocycles. The van der Waals surface area contributed by atoms with Crippen molar-refractivity contribution >= 4 is 28.2 Å². The van der Waals surface area contributed by atoms with Crippen molar-refractivity contribution in [1.29, 1.82) is 0 Å². The molecule has 2 rings (SSSR count). The molecule has 26 heavy (non-hydrogen) atoms. The van der Waals surface area contributed by atoms with Crippen LogP contribution in [0.3, 0.4) is 0 Å². The minimum atomic E-state index is -0.504. The van der Waals surface area contributed by atoms with E-state index in [0.717, 1.165) is 11.3 Å². The number of thiophene rings is 1. The Balaban J connectivity index is 2.42. The molecule has 1 heterocycles. The second kappa shape index (κ2) is 8.57. The summed E-state index contributed by atoms with van der Waals surface area (Å²) < 4.78 is 20.5. The third-order valence-corrected chi connectivity index (χ3v) is 4.91. The molecule has 0 fully saturated rings. The zero-order valence-electron chi connectivity index (χ0n) is 15.3. The van der Waals surface area contributed by atoms with E-state index in [0.29, 0.717) is 27.8 Å². The van der Waals surface area contributed by atoms with E-state index in [1.165, 1.54) is 45.8 Å². The van der Waals surface area contributed by atoms with E-state index in [1.54, 1.807) is 12.1 Å². The highest BCUT2D eigenvalue weighted by atomic mass is 32.1. The molecule has 0 unspecified atom stereocenters. The first-order chi connectivity index (χ1) is 12.5. The number of anilines is 1. The number of nitrogens with one attached hydrogen (secondary N) is 1. The maximum Gasteiger partial charge on any atom is 0.340 e. The molecule has 140 valence electrons. The van der Waals surface area contributed by atoms with Gasteiger partial charge in [-0.2, -0.15) is 0 Å². The topological polar surface area (TPSA) is 83.1 Å². The smallest absolute Gasteiger partial charge is 0.340 e. The molecule has 1 aromatic carbocycles. The molecule has 0 aliphatic rings. The van der Waals surface area contributed by atoms with E-state index in [-0.39, 0.29) is 5.56 Å². The van der Waals surface area contributed by atoms with Gasteiger partial charge in [0, 0.05) is 17.0 Å². The Labute approximate surface area is 155 Å². The number of rotatable bonds is 7. The molecule has 1 aromatic heterocycles. The van der Waals surface area contributed by atoms with Gasteiger partial charge in [0.15, 0.2) is 11.5 Å². The summed E-state index contributed by atoms with van der Waals surface area (Å²) in [4.78, 5) is 25.7. The predicted molar refractivity (Wildman–Crippen MR) is 99.1 cm³/mol. The number of hydrogen-bond donors (Lipinski definition) is 1. The number of methoxy groups -OCH3 is 4. The van der Waals surface area contributed by atoms with Crippen LogP contribution in [0.2, 0.25) is 0 Å². The monoisotopic (exact) mass is 379 g/mol. The summed E-state index contributed by atoms with van der Waals surface area (Å²) in [5, 5.41) is 3.19. The minimum absolute atomic E-state index is 0.257. The predicted octanol–water partition coefficient (Wildman–Crippen LogP) is 3.38. The molecule has 1 amide bonds. The van der Waals surface area contributed by atoms with E-state index in [4.69, 9.17) is 18.9 Å². The van der Waals surface area contributed by atoms with Crippen molar-refractivity contribution in [3.05, 3.63) is 34.2 Å². The molecule has 8 heteroatoms. The average Bonchev–Trinajstić information content (AvgIpc) is 3.08. The third kappa shape index (κ3) is 3.91. The summed E-state index contributed by atoms with van der Waals surface area (Å²) >= 11 is 1.33. The Morgan fingerprint density at radius 2 is 1.54 bits per heavy atom. The number of carbonyl (C=O) groups is 2. The van der Waals surface area contributed by atoms with Gasteiger partial charge in [-0.1, -0.05) is 6.92 Å². The quantitative estimate of drug-likeness (QED) is 0.743. The van der Waals surface area contributed by atoms with Crippen LogP contribution < -0.4 is 19.5 Å². The zero-order valence-corrected chi connectivity index (χ0v) is 16.1. The Bertz CT molecular complexity index is 814. The molecule has 0 aliphatic heterocycles. The molecule has 0 bridgehead atoms. The number of amides is 1. The number of aryl methyl sites for hydroxylation is 1. The van der Waals surface area contributed by atoms with Gasteiger partial charge in [-0.25, -0.2) is 4.79 Å². The highest BCUT2D eigenvalue weighted by Gasteiger charge is 2.22. The highest BCUT2D eigenvalue weighted by molar-refractivity contribution is 7.16. The van der Waals surface area contributed by atoms with E-state index in [1.807, 2.05) is 6.92 Å². The van der Waals surface area contributed by atoms with Crippen molar-refractivity contribution in [2.45, 2.75) is 13.3 Å². The average molecular weight is 379 g/mol. The molecule has 0 atom stereocenters. The minimum Gasteiger partial charge on any atom is -0.496 e. The van der Waals surface area contributed by atoms with Crippen LogP contribution in [0.25, 0.3) is 0 Å². The summed E-state index contributed by atoms with van der Waals surface area (Å²) in [6, 6.07) is 4.82. The van der Waals surface area contributed by atoms with Gasteiger partial charge in [0.25, 0.3) is 5.91 Å². The van der Waals surface area contributed by atoms with Crippen LogP contribution in [0, 0.1) is 0 Å². The molecule has 0 saturated carbocycles. The van der Waals surface area contributed by atoms with Gasteiger partial charge < -0.3 is 24.3 Å². The fourth-order valence-corrected chi connectivity index (χ4v) is 3.33. The van der Waals surface area contributed by atoms with Gasteiger partial charge >= 0.3 is 5.97 Å². The van der Waals surface area contributed by atoms with Crippen molar-refractivity contribution in [2.24, 2.45) is 0 Å². The molecule has 7 nitrogen and oxygen atoms in total. The van der Waals surface area contributed by atoms with Crippen molar-refractivity contribution < 1.29 is 28.5 Å². The van der Waals surface area contributed by atoms with Crippen LogP contribution in [-0.2, 0) is 11.2 Å². The summed E-state index contributed by atoms with van der Waals surface area (Å²) in [7, 11) is 5.73. The second-order valence-corrected chi connectivity index (χ2v) is 6.30. The normalized spacial score (nSPS) is 10.2. The first-order valence-electron chi connectivity index (χ1n) is 7.81. The Hall–Kier alpha value is -2.74. The zero-order chi connectivity index (χ0) is 19.3. The second-order valence-electron chi connectivity index (χ2n) is 5.16. The number of carbonyl (C=O) groups excluding carboxylic acids is 2. The van der Waals surface area contributed by atoms with E-state index < -0.39 is 11.9 Å². The van der Waals surface area contributed by atoms with E-state index in [9.17, 15) is 9.59 Å². The Kier molecular flexibility index (Phi) is 6.46. The molecule has 2 aromatic rings. The van der Waals surface area contributed by atoms with Crippen LogP contribution in [0.5, 0.6) is 17.2 Å². The molecule has 1 N–H and O–H groups in total. The lowest BCUT2D eigenvalue weighted by molar-refractivity contribution is 0.0602. The van der Waals surface area contributed by atoms with Gasteiger partial charge in [0.05, 0.1) is 39.6 Å². The van der Waals surface area contributed by atoms with Crippen LogP contribution >= 0.6 is 11.3 Å². The van der Waals surface area contributed by atoms with Crippen LogP contribution in [0.4, 0.5) is 5.00 Å². The number of benzene rings is 1. The summed E-state index contributed by atoms with van der Waals surface area (Å²) in [6.45, 7) is 1.97. The molecule has 0 radical (unpaired) electrons. The van der Waals surface area contributed by atoms with Gasteiger partial charge in [0.2, 0.25) is 0 Å². The van der Waals surface area contributed by atoms with Gasteiger partial charge in [-0.3, -0.25) is 4.79 Å². The summed E-state index contributed by atoms with van der Waals surface area (Å²) in [6.07, 6.45) is 0.740. The first-order valence-corrected chi connectivity index (χ1v) is 8.63. The maximum atomic E-state index is 12.8. The third-order valence-electron chi connectivity index (χ3n) is 3.71. The molecular formula is C18H21NO6S. The standard InChI is InChI=1S/C18H21NO6S/c1-6-10-7-12(18(21)25-5)17(26-10)19-16(20)11-8-14(23-3)15(24-4)9-13(11)22-2/h7-9H,6H2,1-5H3,(H,19,20).